The Kier molecular flexibility index (Phi) is 22.4. The van der Waals surface area contributed by atoms with Crippen LogP contribution in [-0.2, 0) is 21.7 Å². The molecule has 0 saturated carbocycles. The first-order valence-electron chi connectivity index (χ1n) is 51.3. The molecule has 2 heteroatoms. The molecule has 26 rings (SSSR count). The van der Waals surface area contributed by atoms with Gasteiger partial charge in [0.2, 0.25) is 0 Å². The number of rotatable bonds is 18. The van der Waals surface area contributed by atoms with Gasteiger partial charge in [-0.05, 0) is 326 Å². The van der Waals surface area contributed by atoms with E-state index >= 15 is 0 Å². The van der Waals surface area contributed by atoms with Gasteiger partial charge in [-0.15, -0.1) is 0 Å². The lowest BCUT2D eigenvalue weighted by Crippen LogP contribution is -2.18. The minimum atomic E-state index is -0.221. The maximum Gasteiger partial charge on any atom is 0.0465 e. The molecule has 0 bridgehead atoms. The number of hydrogen-bond acceptors (Lipinski definition) is 2. The van der Waals surface area contributed by atoms with Crippen LogP contribution < -0.4 is 9.80 Å². The molecule has 146 heavy (non-hydrogen) atoms. The molecule has 696 valence electrons. The third-order valence-electron chi connectivity index (χ3n) is 31.9. The number of benzene rings is 22. The Labute approximate surface area is 859 Å². The molecule has 22 aromatic carbocycles. The van der Waals surface area contributed by atoms with Crippen molar-refractivity contribution in [3.63, 3.8) is 0 Å². The number of anilines is 6. The Bertz CT molecular complexity index is 8320. The summed E-state index contributed by atoms with van der Waals surface area (Å²) in [4.78, 5) is 4.95. The van der Waals surface area contributed by atoms with Gasteiger partial charge in [-0.2, -0.15) is 0 Å². The minimum Gasteiger partial charge on any atom is -0.310 e. The summed E-state index contributed by atoms with van der Waals surface area (Å²) in [6.45, 7) is 19.2. The molecule has 0 radical (unpaired) electrons. The van der Waals surface area contributed by atoms with E-state index in [4.69, 9.17) is 0 Å². The molecular formula is C144H110N2. The van der Waals surface area contributed by atoms with Gasteiger partial charge >= 0.3 is 0 Å². The van der Waals surface area contributed by atoms with Crippen LogP contribution in [0.2, 0.25) is 0 Å². The van der Waals surface area contributed by atoms with Crippen molar-refractivity contribution >= 4 is 34.1 Å². The SMILES string of the molecule is CC1(C)c2cc(-c3ccc(-c4ccccc4)cc3)ccc2-c2ccc(N(c3ccc(-c4ccc(-c5ccccc5)cc4)cc3)c3ccc4c(c3)C(C)(C)c3cc(-c5ccc(-c6ccccc6)cc5)ccc3-4)cc21.CC1(C)c2cc(-c3ccc(-c4ccccc4)cc3)ccc2-c2ccc(N(c3ccc(-c4cccc(-c5ccccc5)c4)cc3)c3ccc4c(c3)C(C)(C)c3cc(-c5ccc(-c6ccccc6)cc5)ccc3-4)cc21. The Morgan fingerprint density at radius 3 is 0.418 bits per heavy atom. The summed E-state index contributed by atoms with van der Waals surface area (Å²) in [6, 6.07) is 193. The van der Waals surface area contributed by atoms with E-state index in [2.05, 4.69) is 587 Å². The Morgan fingerprint density at radius 1 is 0.103 bits per heavy atom. The fraction of sp³-hybridized carbons (Fsp3) is 0.0833. The molecule has 0 spiro atoms. The average molecular weight is 1870 g/mol. The van der Waals surface area contributed by atoms with Crippen LogP contribution in [0.5, 0.6) is 0 Å². The maximum absolute atomic E-state index is 2.47. The van der Waals surface area contributed by atoms with Gasteiger partial charge in [0.1, 0.15) is 0 Å². The summed E-state index contributed by atoms with van der Waals surface area (Å²) in [5.41, 5.74) is 56.6. The first-order chi connectivity index (χ1) is 71.3. The Balaban J connectivity index is 0.000000152. The average Bonchev–Trinajstić information content (AvgIpc) is 1.57. The summed E-state index contributed by atoms with van der Waals surface area (Å²) in [6.07, 6.45) is 0. The van der Waals surface area contributed by atoms with E-state index in [0.717, 1.165) is 34.1 Å². The maximum atomic E-state index is 2.47. The van der Waals surface area contributed by atoms with Crippen LogP contribution in [0, 0.1) is 0 Å². The first kappa shape index (κ1) is 89.8. The van der Waals surface area contributed by atoms with E-state index < -0.39 is 0 Å². The molecular weight excluding hydrogens is 1760 g/mol. The van der Waals surface area contributed by atoms with E-state index in [1.807, 2.05) is 0 Å². The van der Waals surface area contributed by atoms with E-state index in [1.54, 1.807) is 0 Å². The highest BCUT2D eigenvalue weighted by Crippen LogP contribution is 2.59. The van der Waals surface area contributed by atoms with Crippen molar-refractivity contribution in [2.24, 2.45) is 0 Å². The van der Waals surface area contributed by atoms with Crippen LogP contribution in [0.4, 0.5) is 34.1 Å². The number of hydrogen-bond donors (Lipinski definition) is 0. The normalized spacial score (nSPS) is 13.4. The third kappa shape index (κ3) is 16.2. The smallest absolute Gasteiger partial charge is 0.0465 e. The molecule has 0 N–H and O–H groups in total. The lowest BCUT2D eigenvalue weighted by molar-refractivity contribution is 0.660. The molecule has 0 fully saturated rings. The Hall–Kier alpha value is -17.6. The van der Waals surface area contributed by atoms with Crippen LogP contribution in [-0.4, -0.2) is 0 Å². The molecule has 22 aromatic rings. The highest BCUT2D eigenvalue weighted by molar-refractivity contribution is 5.95. The zero-order valence-corrected chi connectivity index (χ0v) is 83.5. The van der Waals surface area contributed by atoms with Crippen LogP contribution >= 0.6 is 0 Å². The lowest BCUT2D eigenvalue weighted by Gasteiger charge is -2.30. The molecule has 0 heterocycles. The van der Waals surface area contributed by atoms with Gasteiger partial charge in [-0.3, -0.25) is 0 Å². The van der Waals surface area contributed by atoms with Crippen molar-refractivity contribution in [1.82, 2.24) is 0 Å². The summed E-state index contributed by atoms with van der Waals surface area (Å²) in [7, 11) is 0. The molecule has 4 aliphatic carbocycles. The quantitative estimate of drug-likeness (QED) is 0.0845. The van der Waals surface area contributed by atoms with Crippen molar-refractivity contribution in [3.8, 4) is 178 Å². The molecule has 0 unspecified atom stereocenters. The monoisotopic (exact) mass is 1870 g/mol. The van der Waals surface area contributed by atoms with Crippen molar-refractivity contribution in [3.05, 3.63) is 566 Å². The highest BCUT2D eigenvalue weighted by atomic mass is 15.1. The van der Waals surface area contributed by atoms with E-state index in [9.17, 15) is 0 Å². The summed E-state index contributed by atoms with van der Waals surface area (Å²) >= 11 is 0. The van der Waals surface area contributed by atoms with Crippen molar-refractivity contribution in [2.75, 3.05) is 9.80 Å². The number of fused-ring (bicyclic) bond motifs is 12. The fourth-order valence-corrected chi connectivity index (χ4v) is 23.6. The molecule has 0 amide bonds. The van der Waals surface area contributed by atoms with Crippen molar-refractivity contribution in [2.45, 2.75) is 77.0 Å². The molecule has 0 saturated heterocycles. The van der Waals surface area contributed by atoms with E-state index in [1.165, 1.54) is 223 Å². The Morgan fingerprint density at radius 2 is 0.226 bits per heavy atom. The zero-order chi connectivity index (χ0) is 98.5. The van der Waals surface area contributed by atoms with Gasteiger partial charge in [0.05, 0.1) is 0 Å². The second kappa shape index (κ2) is 36.4. The van der Waals surface area contributed by atoms with Crippen molar-refractivity contribution < 1.29 is 0 Å². The van der Waals surface area contributed by atoms with Crippen LogP contribution in [0.1, 0.15) is 99.9 Å². The van der Waals surface area contributed by atoms with E-state index in [0.29, 0.717) is 0 Å². The summed E-state index contributed by atoms with van der Waals surface area (Å²) in [5, 5.41) is 0. The highest BCUT2D eigenvalue weighted by Gasteiger charge is 2.42. The molecule has 4 aliphatic rings. The predicted octanol–water partition coefficient (Wildman–Crippen LogP) is 39.5. The van der Waals surface area contributed by atoms with Crippen LogP contribution in [0.25, 0.3) is 178 Å². The second-order valence-corrected chi connectivity index (χ2v) is 41.9. The number of nitrogens with zero attached hydrogens (tertiary/aromatic N) is 2. The van der Waals surface area contributed by atoms with Gasteiger partial charge in [0.25, 0.3) is 0 Å². The van der Waals surface area contributed by atoms with E-state index in [-0.39, 0.29) is 21.7 Å². The molecule has 0 atom stereocenters. The van der Waals surface area contributed by atoms with Crippen molar-refractivity contribution in [1.29, 1.82) is 0 Å². The van der Waals surface area contributed by atoms with Gasteiger partial charge in [-0.1, -0.05) is 474 Å². The molecule has 2 nitrogen and oxygen atoms in total. The third-order valence-corrected chi connectivity index (χ3v) is 31.9. The fourth-order valence-electron chi connectivity index (χ4n) is 23.6. The lowest BCUT2D eigenvalue weighted by atomic mass is 9.81. The largest absolute Gasteiger partial charge is 0.310 e. The van der Waals surface area contributed by atoms with Crippen LogP contribution in [0.3, 0.4) is 0 Å². The molecule has 0 aliphatic heterocycles. The van der Waals surface area contributed by atoms with Gasteiger partial charge in [0, 0.05) is 55.8 Å². The predicted molar refractivity (Wildman–Crippen MR) is 618 cm³/mol. The summed E-state index contributed by atoms with van der Waals surface area (Å²) < 4.78 is 0. The topological polar surface area (TPSA) is 6.48 Å². The second-order valence-electron chi connectivity index (χ2n) is 41.9. The first-order valence-corrected chi connectivity index (χ1v) is 51.3. The summed E-state index contributed by atoms with van der Waals surface area (Å²) in [5.74, 6) is 0. The van der Waals surface area contributed by atoms with Crippen LogP contribution in [0.15, 0.2) is 522 Å². The van der Waals surface area contributed by atoms with Gasteiger partial charge < -0.3 is 9.80 Å². The zero-order valence-electron chi connectivity index (χ0n) is 83.5. The van der Waals surface area contributed by atoms with Gasteiger partial charge in [0.15, 0.2) is 0 Å². The minimum absolute atomic E-state index is 0.219. The molecule has 0 aromatic heterocycles. The van der Waals surface area contributed by atoms with Gasteiger partial charge in [-0.25, -0.2) is 0 Å². The standard InChI is InChI=1S/2C72H55N/c1-71(2)67-44-58(53-27-23-51(24-28-53)48-15-8-5-9-16-48)33-39-63(67)65-41-37-61(46-69(65)71)73(60-35-31-55(32-36-60)57-22-14-21-56(43-57)50-19-12-7-13-20-50)62-38-42-66-64-40-34-59(45-68(64)72(3,4)70(66)47-62)54-29-25-52(26-30-54)49-17-10-6-11-18-49;1-71(2)67-44-58(56-28-24-52(25-29-56)49-16-10-6-11-17-49)34-40-63(67)65-42-38-61(46-69(65)71)73(60-36-32-55(33-37-60)54-22-20-51(21-23-54)48-14-8-5-9-15-48)62-39-43-66-64-41-35-59(45-68(64)72(3,4)70(66)47-62)57-30-26-53(27-31-57)50-18-12-7-13-19-50/h2*5-47H,1-4H3.